The van der Waals surface area contributed by atoms with Gasteiger partial charge in [-0.2, -0.15) is 5.10 Å². The van der Waals surface area contributed by atoms with E-state index in [0.717, 1.165) is 25.7 Å². The molecule has 0 saturated heterocycles. The van der Waals surface area contributed by atoms with E-state index in [1.807, 2.05) is 0 Å². The summed E-state index contributed by atoms with van der Waals surface area (Å²) < 4.78 is 6.84. The molecular formula is C20H22ClN5O4. The van der Waals surface area contributed by atoms with Crippen molar-refractivity contribution in [1.29, 1.82) is 0 Å². The predicted molar refractivity (Wildman–Crippen MR) is 111 cm³/mol. The second-order valence-corrected chi connectivity index (χ2v) is 7.84. The first kappa shape index (κ1) is 20.2. The highest BCUT2D eigenvalue weighted by molar-refractivity contribution is 6.31. The lowest BCUT2D eigenvalue weighted by atomic mass is 10.2. The monoisotopic (exact) mass is 431 g/mol. The molecule has 1 aromatic heterocycles. The largest absolute Gasteiger partial charge is 0.482 e. The van der Waals surface area contributed by atoms with Crippen molar-refractivity contribution < 1.29 is 19.1 Å². The summed E-state index contributed by atoms with van der Waals surface area (Å²) in [5.41, 5.74) is 0.897. The van der Waals surface area contributed by atoms with Crippen LogP contribution in [-0.2, 0) is 20.9 Å². The van der Waals surface area contributed by atoms with Gasteiger partial charge >= 0.3 is 0 Å². The van der Waals surface area contributed by atoms with E-state index >= 15 is 0 Å². The SMILES string of the molecule is O=C(CN1C(=O)COc2ccc(Cl)cc21)Nc1cnn(CC(=O)NC2CCCC2)c1. The van der Waals surface area contributed by atoms with E-state index in [9.17, 15) is 14.4 Å². The molecule has 2 heterocycles. The van der Waals surface area contributed by atoms with E-state index in [2.05, 4.69) is 15.7 Å². The first-order valence-electron chi connectivity index (χ1n) is 9.82. The summed E-state index contributed by atoms with van der Waals surface area (Å²) in [5.74, 6) is -0.339. The summed E-state index contributed by atoms with van der Waals surface area (Å²) in [7, 11) is 0. The minimum absolute atomic E-state index is 0.0835. The Balaban J connectivity index is 1.34. The normalized spacial score (nSPS) is 16.2. The molecule has 10 heteroatoms. The van der Waals surface area contributed by atoms with Crippen molar-refractivity contribution in [3.05, 3.63) is 35.6 Å². The lowest BCUT2D eigenvalue weighted by molar-refractivity contribution is -0.123. The van der Waals surface area contributed by atoms with E-state index in [1.54, 1.807) is 24.4 Å². The highest BCUT2D eigenvalue weighted by atomic mass is 35.5. The quantitative estimate of drug-likeness (QED) is 0.727. The number of nitrogens with one attached hydrogen (secondary N) is 2. The van der Waals surface area contributed by atoms with Gasteiger partial charge in [0.1, 0.15) is 18.8 Å². The Morgan fingerprint density at radius 3 is 2.80 bits per heavy atom. The van der Waals surface area contributed by atoms with Crippen LogP contribution in [-0.4, -0.2) is 46.7 Å². The van der Waals surface area contributed by atoms with Crippen LogP contribution in [0.5, 0.6) is 5.75 Å². The van der Waals surface area contributed by atoms with Crippen LogP contribution in [0.25, 0.3) is 0 Å². The Labute approximate surface area is 178 Å². The Bertz CT molecular complexity index is 970. The summed E-state index contributed by atoms with van der Waals surface area (Å²) >= 11 is 6.02. The van der Waals surface area contributed by atoms with Gasteiger partial charge in [0.05, 0.1) is 17.6 Å². The van der Waals surface area contributed by atoms with Crippen LogP contribution in [0.2, 0.25) is 5.02 Å². The minimum atomic E-state index is -0.397. The van der Waals surface area contributed by atoms with Crippen molar-refractivity contribution in [2.75, 3.05) is 23.4 Å². The number of anilines is 2. The fraction of sp³-hybridized carbons (Fsp3) is 0.400. The second kappa shape index (κ2) is 8.74. The summed E-state index contributed by atoms with van der Waals surface area (Å²) in [6.07, 6.45) is 7.36. The highest BCUT2D eigenvalue weighted by Gasteiger charge is 2.27. The average Bonchev–Trinajstić information content (AvgIpc) is 3.36. The van der Waals surface area contributed by atoms with Crippen LogP contribution in [0.3, 0.4) is 0 Å². The van der Waals surface area contributed by atoms with E-state index in [1.165, 1.54) is 15.8 Å². The smallest absolute Gasteiger partial charge is 0.265 e. The number of benzene rings is 1. The Morgan fingerprint density at radius 1 is 1.20 bits per heavy atom. The molecule has 0 bridgehead atoms. The third kappa shape index (κ3) is 4.73. The molecule has 1 aromatic carbocycles. The van der Waals surface area contributed by atoms with Gasteiger partial charge in [-0.1, -0.05) is 24.4 Å². The standard InChI is InChI=1S/C20H22ClN5O4/c21-13-5-6-17-16(7-13)26(20(29)12-30-17)11-19(28)24-15-8-22-25(9-15)10-18(27)23-14-3-1-2-4-14/h5-9,14H,1-4,10-12H2,(H,23,27)(H,24,28). The molecule has 30 heavy (non-hydrogen) atoms. The van der Waals surface area contributed by atoms with Gasteiger partial charge in [-0.15, -0.1) is 0 Å². The lowest BCUT2D eigenvalue weighted by Gasteiger charge is -2.28. The van der Waals surface area contributed by atoms with Gasteiger partial charge in [0, 0.05) is 17.3 Å². The Kier molecular flexibility index (Phi) is 5.89. The van der Waals surface area contributed by atoms with Crippen LogP contribution < -0.4 is 20.3 Å². The van der Waals surface area contributed by atoms with Crippen LogP contribution in [0, 0.1) is 0 Å². The fourth-order valence-corrected chi connectivity index (χ4v) is 3.86. The van der Waals surface area contributed by atoms with Gasteiger partial charge in [-0.3, -0.25) is 24.0 Å². The van der Waals surface area contributed by atoms with Gasteiger partial charge in [-0.05, 0) is 31.0 Å². The average molecular weight is 432 g/mol. The van der Waals surface area contributed by atoms with Crippen LogP contribution >= 0.6 is 11.6 Å². The highest BCUT2D eigenvalue weighted by Crippen LogP contribution is 2.34. The van der Waals surface area contributed by atoms with Gasteiger partial charge in [0.2, 0.25) is 11.8 Å². The van der Waals surface area contributed by atoms with Crippen molar-refractivity contribution in [2.24, 2.45) is 0 Å². The first-order chi connectivity index (χ1) is 14.5. The van der Waals surface area contributed by atoms with Crippen LogP contribution in [0.1, 0.15) is 25.7 Å². The van der Waals surface area contributed by atoms with Crippen molar-refractivity contribution in [3.63, 3.8) is 0 Å². The Morgan fingerprint density at radius 2 is 2.00 bits per heavy atom. The molecule has 4 rings (SSSR count). The molecule has 3 amide bonds. The van der Waals surface area contributed by atoms with E-state index in [4.69, 9.17) is 16.3 Å². The molecule has 0 unspecified atom stereocenters. The number of halogens is 1. The third-order valence-corrected chi connectivity index (χ3v) is 5.34. The molecule has 0 spiro atoms. The lowest BCUT2D eigenvalue weighted by Crippen LogP contribution is -2.43. The van der Waals surface area contributed by atoms with Crippen molar-refractivity contribution in [1.82, 2.24) is 15.1 Å². The zero-order valence-electron chi connectivity index (χ0n) is 16.3. The number of nitrogens with zero attached hydrogens (tertiary/aromatic N) is 3. The topological polar surface area (TPSA) is 106 Å². The summed E-state index contributed by atoms with van der Waals surface area (Å²) in [4.78, 5) is 38.2. The summed E-state index contributed by atoms with van der Waals surface area (Å²) in [6.45, 7) is -0.251. The van der Waals surface area contributed by atoms with E-state index in [-0.39, 0.29) is 37.6 Å². The summed E-state index contributed by atoms with van der Waals surface area (Å²) in [6, 6.07) is 5.15. The molecule has 1 fully saturated rings. The number of carbonyl (C=O) groups excluding carboxylic acids is 3. The zero-order valence-corrected chi connectivity index (χ0v) is 17.0. The Hall–Kier alpha value is -3.07. The molecule has 1 aliphatic carbocycles. The van der Waals surface area contributed by atoms with Gasteiger partial charge in [0.15, 0.2) is 6.61 Å². The number of aromatic nitrogens is 2. The number of fused-ring (bicyclic) bond motifs is 1. The van der Waals surface area contributed by atoms with Crippen molar-refractivity contribution in [2.45, 2.75) is 38.3 Å². The van der Waals surface area contributed by atoms with E-state index in [0.29, 0.717) is 22.1 Å². The molecule has 1 saturated carbocycles. The third-order valence-electron chi connectivity index (χ3n) is 5.11. The number of amides is 3. The molecule has 0 atom stereocenters. The fourth-order valence-electron chi connectivity index (χ4n) is 3.70. The van der Waals surface area contributed by atoms with Gasteiger partial charge < -0.3 is 15.4 Å². The molecule has 2 aromatic rings. The van der Waals surface area contributed by atoms with Gasteiger partial charge in [0.25, 0.3) is 5.91 Å². The van der Waals surface area contributed by atoms with Gasteiger partial charge in [-0.25, -0.2) is 0 Å². The number of hydrogen-bond donors (Lipinski definition) is 2. The van der Waals surface area contributed by atoms with Crippen molar-refractivity contribution >= 4 is 40.7 Å². The number of hydrogen-bond acceptors (Lipinski definition) is 5. The van der Waals surface area contributed by atoms with Crippen molar-refractivity contribution in [3.8, 4) is 5.75 Å². The van der Waals surface area contributed by atoms with E-state index < -0.39 is 5.91 Å². The first-order valence-corrected chi connectivity index (χ1v) is 10.2. The van der Waals surface area contributed by atoms with Crippen LogP contribution in [0.15, 0.2) is 30.6 Å². The zero-order chi connectivity index (χ0) is 21.1. The minimum Gasteiger partial charge on any atom is -0.482 e. The maximum atomic E-state index is 12.5. The second-order valence-electron chi connectivity index (χ2n) is 7.40. The molecule has 0 radical (unpaired) electrons. The maximum absolute atomic E-state index is 12.5. The number of rotatable bonds is 6. The molecule has 2 aliphatic rings. The number of ether oxygens (including phenoxy) is 1. The number of carbonyl (C=O) groups is 3. The molecular weight excluding hydrogens is 410 g/mol. The summed E-state index contributed by atoms with van der Waals surface area (Å²) in [5, 5.41) is 10.3. The molecule has 1 aliphatic heterocycles. The maximum Gasteiger partial charge on any atom is 0.265 e. The predicted octanol–water partition coefficient (Wildman–Crippen LogP) is 1.96. The molecule has 2 N–H and O–H groups in total. The van der Waals surface area contributed by atoms with Crippen LogP contribution in [0.4, 0.5) is 11.4 Å². The molecule has 158 valence electrons. The molecule has 9 nitrogen and oxygen atoms in total.